The van der Waals surface area contributed by atoms with E-state index in [2.05, 4.69) is 117 Å². The highest BCUT2D eigenvalue weighted by molar-refractivity contribution is 5.79. The summed E-state index contributed by atoms with van der Waals surface area (Å²) in [5.41, 5.74) is -0.265. The van der Waals surface area contributed by atoms with Crippen LogP contribution in [-0.4, -0.2) is 87.8 Å². The van der Waals surface area contributed by atoms with Gasteiger partial charge in [-0.1, -0.05) is 103 Å². The van der Waals surface area contributed by atoms with E-state index in [4.69, 9.17) is 0 Å². The van der Waals surface area contributed by atoms with Crippen LogP contribution in [0.3, 0.4) is 0 Å². The lowest BCUT2D eigenvalue weighted by atomic mass is 9.56. The van der Waals surface area contributed by atoms with Crippen molar-refractivity contribution >= 4 is 17.8 Å². The number of amides is 4. The molecule has 0 aromatic carbocycles. The molecule has 49 heavy (non-hydrogen) atoms. The highest BCUT2D eigenvalue weighted by atomic mass is 16.2. The third kappa shape index (κ3) is 8.82. The van der Waals surface area contributed by atoms with Crippen molar-refractivity contribution in [3.05, 3.63) is 0 Å². The van der Waals surface area contributed by atoms with Gasteiger partial charge in [0.15, 0.2) is 0 Å². The third-order valence-electron chi connectivity index (χ3n) is 14.4. The zero-order chi connectivity index (χ0) is 37.1. The van der Waals surface area contributed by atoms with Crippen LogP contribution >= 0.6 is 0 Å². The van der Waals surface area contributed by atoms with E-state index in [1.807, 2.05) is 0 Å². The van der Waals surface area contributed by atoms with E-state index in [9.17, 15) is 14.4 Å². The van der Waals surface area contributed by atoms with Crippen LogP contribution in [-0.2, 0) is 9.59 Å². The average Bonchev–Trinajstić information content (AvgIpc) is 3.76. The number of urea groups is 1. The molecule has 3 aliphatic rings. The molecular weight excluding hydrogens is 608 g/mol. The summed E-state index contributed by atoms with van der Waals surface area (Å²) in [6.07, 6.45) is 9.18. The summed E-state index contributed by atoms with van der Waals surface area (Å²) < 4.78 is 0. The Morgan fingerprint density at radius 2 is 1.18 bits per heavy atom. The predicted octanol–water partition coefficient (Wildman–Crippen LogP) is 9.49. The van der Waals surface area contributed by atoms with Gasteiger partial charge in [-0.25, -0.2) is 4.79 Å². The number of likely N-dealkylation sites (tertiary alicyclic amines) is 2. The van der Waals surface area contributed by atoms with Crippen LogP contribution in [0, 0.1) is 39.9 Å². The highest BCUT2D eigenvalue weighted by Gasteiger charge is 2.52. The van der Waals surface area contributed by atoms with Crippen molar-refractivity contribution in [2.45, 2.75) is 185 Å². The Hall–Kier alpha value is -1.79. The summed E-state index contributed by atoms with van der Waals surface area (Å²) in [6.45, 7) is 36.0. The minimum atomic E-state index is -0.152. The molecule has 0 spiro atoms. The Morgan fingerprint density at radius 3 is 1.61 bits per heavy atom. The van der Waals surface area contributed by atoms with Gasteiger partial charge in [-0.2, -0.15) is 0 Å². The van der Waals surface area contributed by atoms with E-state index in [0.717, 1.165) is 77.5 Å². The molecule has 7 heteroatoms. The maximum absolute atomic E-state index is 14.7. The van der Waals surface area contributed by atoms with Crippen LogP contribution in [0.4, 0.5) is 4.79 Å². The molecule has 3 saturated heterocycles. The summed E-state index contributed by atoms with van der Waals surface area (Å²) in [7, 11) is 0. The Morgan fingerprint density at radius 1 is 0.653 bits per heavy atom. The normalized spacial score (nSPS) is 23.1. The van der Waals surface area contributed by atoms with Crippen LogP contribution in [0.25, 0.3) is 0 Å². The van der Waals surface area contributed by atoms with Crippen molar-refractivity contribution < 1.29 is 14.4 Å². The van der Waals surface area contributed by atoms with E-state index in [1.165, 1.54) is 0 Å². The van der Waals surface area contributed by atoms with Crippen LogP contribution in [0.15, 0.2) is 0 Å². The molecule has 284 valence electrons. The summed E-state index contributed by atoms with van der Waals surface area (Å²) >= 11 is 0. The quantitative estimate of drug-likeness (QED) is 0.136. The topological polar surface area (TPSA) is 64.2 Å². The molecule has 7 unspecified atom stereocenters. The molecule has 0 bridgehead atoms. The third-order valence-corrected chi connectivity index (χ3v) is 14.4. The fraction of sp³-hybridized carbons (Fsp3) is 0.929. The molecule has 3 heterocycles. The maximum atomic E-state index is 14.7. The Kier molecular flexibility index (Phi) is 14.2. The Bertz CT molecular complexity index is 1120. The predicted molar refractivity (Wildman–Crippen MR) is 204 cm³/mol. The lowest BCUT2D eigenvalue weighted by Gasteiger charge is -2.54. The molecule has 0 aromatic heterocycles. The van der Waals surface area contributed by atoms with E-state index >= 15 is 0 Å². The lowest BCUT2D eigenvalue weighted by Crippen LogP contribution is -2.56. The first-order chi connectivity index (χ1) is 22.8. The highest BCUT2D eigenvalue weighted by Crippen LogP contribution is 2.53. The minimum Gasteiger partial charge on any atom is -0.340 e. The average molecular weight is 687 g/mol. The molecule has 7 nitrogen and oxygen atoms in total. The van der Waals surface area contributed by atoms with Gasteiger partial charge < -0.3 is 19.6 Å². The molecular formula is C42H78N4O3. The van der Waals surface area contributed by atoms with E-state index in [0.29, 0.717) is 36.5 Å². The summed E-state index contributed by atoms with van der Waals surface area (Å²) in [4.78, 5) is 49.4. The van der Waals surface area contributed by atoms with Crippen LogP contribution in [0.1, 0.15) is 161 Å². The van der Waals surface area contributed by atoms with E-state index < -0.39 is 0 Å². The van der Waals surface area contributed by atoms with Crippen LogP contribution in [0.5, 0.6) is 0 Å². The monoisotopic (exact) mass is 687 g/mol. The standard InChI is InChI=1S/C42H78N4O3/c1-15-33(44-23-19-21-38(44)48)27-40(10,11)34(16-2)31(8)36(46-25-24-45(39(46)49)35(30(6)7)26-29(4)5)28-42(14,17-3)41(12,13)32(9)43-22-18-20-37(43)47/h29-36H,15-28H2,1-14H3. The molecule has 0 aliphatic carbocycles. The molecule has 3 fully saturated rings. The number of carbonyl (C=O) groups is 3. The molecule has 0 N–H and O–H groups in total. The Balaban J connectivity index is 2.04. The fourth-order valence-corrected chi connectivity index (χ4v) is 10.5. The SMILES string of the molecule is CCC(CC(C)(C)C(CC)C(C)C(CC(C)(CC)C(C)(C)C(C)N1CCCC1=O)N1CCN(C(CC(C)C)C(C)C)C1=O)N1CCCC1=O. The number of rotatable bonds is 19. The first kappa shape index (κ1) is 41.6. The second kappa shape index (κ2) is 16.7. The largest absolute Gasteiger partial charge is 0.340 e. The van der Waals surface area contributed by atoms with Crippen molar-refractivity contribution in [3.63, 3.8) is 0 Å². The van der Waals surface area contributed by atoms with Crippen LogP contribution < -0.4 is 0 Å². The second-order valence-electron chi connectivity index (χ2n) is 18.7. The fourth-order valence-electron chi connectivity index (χ4n) is 10.5. The van der Waals surface area contributed by atoms with Gasteiger partial charge in [-0.05, 0) is 85.4 Å². The molecule has 3 rings (SSSR count). The molecule has 0 saturated carbocycles. The number of hydrogen-bond acceptors (Lipinski definition) is 3. The van der Waals surface area contributed by atoms with Crippen molar-refractivity contribution in [1.82, 2.24) is 19.6 Å². The van der Waals surface area contributed by atoms with Crippen LogP contribution in [0.2, 0.25) is 0 Å². The van der Waals surface area contributed by atoms with Crippen molar-refractivity contribution in [1.29, 1.82) is 0 Å². The maximum Gasteiger partial charge on any atom is 0.320 e. The van der Waals surface area contributed by atoms with Crippen molar-refractivity contribution in [2.75, 3.05) is 26.2 Å². The number of carbonyl (C=O) groups excluding carboxylic acids is 3. The lowest BCUT2D eigenvalue weighted by molar-refractivity contribution is -0.135. The summed E-state index contributed by atoms with van der Waals surface area (Å²) in [5, 5.41) is 0. The molecule has 3 aliphatic heterocycles. The Labute approximate surface area is 302 Å². The van der Waals surface area contributed by atoms with Gasteiger partial charge in [0.05, 0.1) is 0 Å². The summed E-state index contributed by atoms with van der Waals surface area (Å²) in [6, 6.07) is 0.914. The second-order valence-corrected chi connectivity index (χ2v) is 18.7. The zero-order valence-corrected chi connectivity index (χ0v) is 34.5. The smallest absolute Gasteiger partial charge is 0.320 e. The minimum absolute atomic E-state index is 0.00999. The van der Waals surface area contributed by atoms with E-state index in [-0.39, 0.29) is 58.3 Å². The van der Waals surface area contributed by atoms with Gasteiger partial charge in [0.25, 0.3) is 0 Å². The van der Waals surface area contributed by atoms with Gasteiger partial charge in [-0.15, -0.1) is 0 Å². The summed E-state index contributed by atoms with van der Waals surface area (Å²) in [5.74, 6) is 2.18. The van der Waals surface area contributed by atoms with Gasteiger partial charge >= 0.3 is 6.03 Å². The first-order valence-corrected chi connectivity index (χ1v) is 20.4. The van der Waals surface area contributed by atoms with Gasteiger partial charge in [0, 0.05) is 63.2 Å². The number of hydrogen-bond donors (Lipinski definition) is 0. The molecule has 7 atom stereocenters. The van der Waals surface area contributed by atoms with Gasteiger partial charge in [0.2, 0.25) is 11.8 Å². The first-order valence-electron chi connectivity index (χ1n) is 20.4. The van der Waals surface area contributed by atoms with Crippen molar-refractivity contribution in [2.24, 2.45) is 39.9 Å². The molecule has 4 amide bonds. The molecule has 0 aromatic rings. The zero-order valence-electron chi connectivity index (χ0n) is 34.5. The van der Waals surface area contributed by atoms with Gasteiger partial charge in [-0.3, -0.25) is 9.59 Å². The van der Waals surface area contributed by atoms with E-state index in [1.54, 1.807) is 0 Å². The number of nitrogens with zero attached hydrogens (tertiary/aromatic N) is 4. The molecule has 0 radical (unpaired) electrons. The van der Waals surface area contributed by atoms with Gasteiger partial charge in [0.1, 0.15) is 0 Å². The van der Waals surface area contributed by atoms with Crippen molar-refractivity contribution in [3.8, 4) is 0 Å².